The molecule has 0 unspecified atom stereocenters. The number of benzene rings is 3. The Kier molecular flexibility index (Phi) is 9.22. The third-order valence-electron chi connectivity index (χ3n) is 7.59. The van der Waals surface area contributed by atoms with Gasteiger partial charge in [-0.2, -0.15) is 0 Å². The molecule has 0 amide bonds. The quantitative estimate of drug-likeness (QED) is 0.122. The molecule has 0 atom stereocenters. The van der Waals surface area contributed by atoms with Crippen molar-refractivity contribution in [2.45, 2.75) is 38.9 Å². The van der Waals surface area contributed by atoms with E-state index in [2.05, 4.69) is 9.97 Å². The van der Waals surface area contributed by atoms with Gasteiger partial charge in [0.25, 0.3) is 0 Å². The van der Waals surface area contributed by atoms with Gasteiger partial charge >= 0.3 is 19.4 Å². The third-order valence-corrected chi connectivity index (χ3v) is 7.59. The van der Waals surface area contributed by atoms with Gasteiger partial charge in [-0.1, -0.05) is 29.7 Å². The van der Waals surface area contributed by atoms with Crippen molar-refractivity contribution < 1.29 is 28.8 Å². The lowest BCUT2D eigenvalue weighted by Gasteiger charge is -2.37. The molecule has 9 heteroatoms. The monoisotopic (exact) mass is 600 g/mol. The summed E-state index contributed by atoms with van der Waals surface area (Å²) < 4.78 is 17.3. The topological polar surface area (TPSA) is 108 Å². The third kappa shape index (κ3) is 7.89. The van der Waals surface area contributed by atoms with Gasteiger partial charge in [-0.3, -0.25) is 9.97 Å². The zero-order valence-corrected chi connectivity index (χ0v) is 25.6. The highest BCUT2D eigenvalue weighted by Gasteiger charge is 2.35. The summed E-state index contributed by atoms with van der Waals surface area (Å²) in [6.45, 7) is 6.84. The van der Waals surface area contributed by atoms with Crippen LogP contribution < -0.4 is 14.9 Å². The van der Waals surface area contributed by atoms with Crippen LogP contribution >= 0.6 is 0 Å². The van der Waals surface area contributed by atoms with Gasteiger partial charge in [0.1, 0.15) is 11.5 Å². The van der Waals surface area contributed by atoms with Crippen LogP contribution in [0.15, 0.2) is 116 Å². The number of aromatic nitrogens is 2. The first kappa shape index (κ1) is 31.3. The van der Waals surface area contributed by atoms with E-state index >= 15 is 0 Å². The zero-order chi connectivity index (χ0) is 32.0. The van der Waals surface area contributed by atoms with Gasteiger partial charge in [-0.15, -0.1) is 0 Å². The van der Waals surface area contributed by atoms with E-state index in [0.29, 0.717) is 17.0 Å². The minimum atomic E-state index is -1.14. The fourth-order valence-electron chi connectivity index (χ4n) is 4.24. The van der Waals surface area contributed by atoms with Crippen molar-refractivity contribution in [2.24, 2.45) is 0 Å². The highest BCUT2D eigenvalue weighted by atomic mass is 16.5. The van der Waals surface area contributed by atoms with Crippen LogP contribution in [0.25, 0.3) is 22.5 Å². The SMILES string of the molecule is CC(C)(O)C(C)(C)OBc1cc(C(=O)Oc2ccc(-c3ccccn3)cc2)cc(C(=O)Oc2ccc(-c3ccccn3)cc2)c1. The second-order valence-electron chi connectivity index (χ2n) is 11.5. The van der Waals surface area contributed by atoms with Gasteiger partial charge in [0.15, 0.2) is 0 Å². The number of ether oxygens (including phenoxy) is 2. The minimum Gasteiger partial charge on any atom is -0.427 e. The van der Waals surface area contributed by atoms with Crippen molar-refractivity contribution in [3.63, 3.8) is 0 Å². The van der Waals surface area contributed by atoms with Gasteiger partial charge < -0.3 is 19.2 Å². The standard InChI is InChI=1S/C36H33BN2O6/c1-35(2,42)36(3,4)45-37-28-22-26(33(40)43-29-15-11-24(12-16-29)31-9-5-7-19-38-31)21-27(23-28)34(41)44-30-17-13-25(14-18-30)32-10-6-8-20-39-32/h5-23,37,42H,1-4H3. The second kappa shape index (κ2) is 13.3. The summed E-state index contributed by atoms with van der Waals surface area (Å²) in [6, 6.07) is 29.9. The van der Waals surface area contributed by atoms with Crippen molar-refractivity contribution >= 4 is 24.9 Å². The smallest absolute Gasteiger partial charge is 0.343 e. The number of carbonyl (C=O) groups excluding carboxylic acids is 2. The molecule has 0 aliphatic rings. The lowest BCUT2D eigenvalue weighted by Crippen LogP contribution is -2.49. The summed E-state index contributed by atoms with van der Waals surface area (Å²) in [7, 11) is 0.0237. The molecule has 0 aliphatic carbocycles. The molecule has 0 saturated heterocycles. The Labute approximate surface area is 262 Å². The molecule has 0 spiro atoms. The van der Waals surface area contributed by atoms with Crippen LogP contribution in [0.1, 0.15) is 48.4 Å². The van der Waals surface area contributed by atoms with Crippen LogP contribution in [-0.4, -0.2) is 45.7 Å². The van der Waals surface area contributed by atoms with Crippen LogP contribution in [0, 0.1) is 0 Å². The first-order chi connectivity index (χ1) is 21.5. The van der Waals surface area contributed by atoms with E-state index in [-0.39, 0.29) is 18.6 Å². The van der Waals surface area contributed by atoms with Crippen molar-refractivity contribution in [3.05, 3.63) is 127 Å². The van der Waals surface area contributed by atoms with Gasteiger partial charge in [0, 0.05) is 23.5 Å². The molecule has 5 rings (SSSR count). The first-order valence-corrected chi connectivity index (χ1v) is 14.5. The summed E-state index contributed by atoms with van der Waals surface area (Å²) in [5, 5.41) is 10.5. The molecule has 0 bridgehead atoms. The lowest BCUT2D eigenvalue weighted by atomic mass is 9.81. The summed E-state index contributed by atoms with van der Waals surface area (Å²) in [5.74, 6) is -0.640. The predicted molar refractivity (Wildman–Crippen MR) is 174 cm³/mol. The number of aliphatic hydroxyl groups is 1. The highest BCUT2D eigenvalue weighted by Crippen LogP contribution is 2.25. The number of hydrogen-bond acceptors (Lipinski definition) is 8. The number of rotatable bonds is 10. The van der Waals surface area contributed by atoms with E-state index in [1.807, 2.05) is 60.7 Å². The predicted octanol–water partition coefficient (Wildman–Crippen LogP) is 5.79. The maximum Gasteiger partial charge on any atom is 0.343 e. The van der Waals surface area contributed by atoms with Crippen molar-refractivity contribution in [1.82, 2.24) is 9.97 Å². The molecule has 0 fully saturated rings. The second-order valence-corrected chi connectivity index (χ2v) is 11.5. The average molecular weight is 600 g/mol. The summed E-state index contributed by atoms with van der Waals surface area (Å²) >= 11 is 0. The molecule has 226 valence electrons. The van der Waals surface area contributed by atoms with E-state index in [9.17, 15) is 14.7 Å². The van der Waals surface area contributed by atoms with Crippen molar-refractivity contribution in [2.75, 3.05) is 0 Å². The molecule has 0 aliphatic heterocycles. The molecule has 3 aromatic carbocycles. The fourth-order valence-corrected chi connectivity index (χ4v) is 4.24. The largest absolute Gasteiger partial charge is 0.427 e. The van der Waals surface area contributed by atoms with Gasteiger partial charge in [0.2, 0.25) is 0 Å². The van der Waals surface area contributed by atoms with Gasteiger partial charge in [-0.25, -0.2) is 9.59 Å². The Morgan fingerprint density at radius 2 is 1.09 bits per heavy atom. The zero-order valence-electron chi connectivity index (χ0n) is 25.6. The Bertz CT molecular complexity index is 1650. The van der Waals surface area contributed by atoms with Crippen LogP contribution in [0.3, 0.4) is 0 Å². The van der Waals surface area contributed by atoms with E-state index in [4.69, 9.17) is 14.1 Å². The molecular formula is C36H33BN2O6. The van der Waals surface area contributed by atoms with E-state index in [0.717, 1.165) is 22.5 Å². The first-order valence-electron chi connectivity index (χ1n) is 14.5. The highest BCUT2D eigenvalue weighted by molar-refractivity contribution is 6.47. The van der Waals surface area contributed by atoms with Crippen LogP contribution in [0.2, 0.25) is 0 Å². The fraction of sp³-hybridized carbons (Fsp3) is 0.167. The molecule has 2 heterocycles. The van der Waals surface area contributed by atoms with Crippen molar-refractivity contribution in [3.8, 4) is 34.0 Å². The summed E-state index contributed by atoms with van der Waals surface area (Å²) in [4.78, 5) is 35.3. The molecule has 2 aromatic heterocycles. The molecule has 5 aromatic rings. The average Bonchev–Trinajstić information content (AvgIpc) is 3.04. The molecule has 0 radical (unpaired) electrons. The molecule has 45 heavy (non-hydrogen) atoms. The van der Waals surface area contributed by atoms with Crippen molar-refractivity contribution in [1.29, 1.82) is 0 Å². The molecular weight excluding hydrogens is 567 g/mol. The Balaban J connectivity index is 1.37. The van der Waals surface area contributed by atoms with Gasteiger partial charge in [0.05, 0.1) is 33.7 Å². The van der Waals surface area contributed by atoms with E-state index < -0.39 is 23.1 Å². The Morgan fingerprint density at radius 3 is 1.47 bits per heavy atom. The number of hydrogen-bond donors (Lipinski definition) is 1. The Hall–Kier alpha value is -5.12. The normalized spacial score (nSPS) is 11.5. The van der Waals surface area contributed by atoms with E-state index in [1.165, 1.54) is 6.07 Å². The maximum atomic E-state index is 13.3. The minimum absolute atomic E-state index is 0.0237. The van der Waals surface area contributed by atoms with Gasteiger partial charge in [-0.05, 0) is 107 Å². The number of nitrogens with zero attached hydrogens (tertiary/aromatic N) is 2. The number of carbonyl (C=O) groups is 2. The van der Waals surface area contributed by atoms with Crippen LogP contribution in [0.4, 0.5) is 0 Å². The maximum absolute atomic E-state index is 13.3. The Morgan fingerprint density at radius 1 is 0.644 bits per heavy atom. The molecule has 1 N–H and O–H groups in total. The summed E-state index contributed by atoms with van der Waals surface area (Å²) in [5.41, 5.74) is 2.10. The van der Waals surface area contributed by atoms with E-state index in [1.54, 1.807) is 76.5 Å². The van der Waals surface area contributed by atoms with Crippen LogP contribution in [-0.2, 0) is 4.65 Å². The number of esters is 2. The van der Waals surface area contributed by atoms with Crippen LogP contribution in [0.5, 0.6) is 11.5 Å². The summed E-state index contributed by atoms with van der Waals surface area (Å²) in [6.07, 6.45) is 3.42. The molecule has 0 saturated carbocycles. The lowest BCUT2D eigenvalue weighted by molar-refractivity contribution is -0.0893. The number of pyridine rings is 2. The molecule has 8 nitrogen and oxygen atoms in total.